The van der Waals surface area contributed by atoms with Crippen LogP contribution < -0.4 is 5.32 Å². The van der Waals surface area contributed by atoms with Crippen molar-refractivity contribution in [1.82, 2.24) is 25.5 Å². The Morgan fingerprint density at radius 2 is 2.20 bits per heavy atom. The molecule has 5 nitrogen and oxygen atoms in total. The molecule has 1 rings (SSSR count). The molecule has 1 heterocycles. The van der Waals surface area contributed by atoms with Crippen LogP contribution in [0.4, 0.5) is 0 Å². The van der Waals surface area contributed by atoms with E-state index < -0.39 is 0 Å². The number of nitrogens with one attached hydrogen (secondary N) is 1. The van der Waals surface area contributed by atoms with E-state index in [1.54, 1.807) is 11.8 Å². The summed E-state index contributed by atoms with van der Waals surface area (Å²) >= 11 is 1.80. The molecular weight excluding hydrogens is 210 g/mol. The standard InChI is InChI=1S/C9H19N5S/c1-5-10-8(3)9-11-12-13-14(9)7(2)6-15-4/h7-8,10H,5-6H2,1-4H3. The van der Waals surface area contributed by atoms with Gasteiger partial charge in [-0.3, -0.25) is 0 Å². The number of tetrazole rings is 1. The molecule has 0 spiro atoms. The highest BCUT2D eigenvalue weighted by atomic mass is 32.2. The van der Waals surface area contributed by atoms with Crippen molar-refractivity contribution < 1.29 is 0 Å². The second-order valence-corrected chi connectivity index (χ2v) is 4.48. The largest absolute Gasteiger partial charge is 0.308 e. The highest BCUT2D eigenvalue weighted by molar-refractivity contribution is 7.98. The molecular formula is C9H19N5S. The quantitative estimate of drug-likeness (QED) is 0.796. The van der Waals surface area contributed by atoms with Gasteiger partial charge in [0.05, 0.1) is 12.1 Å². The molecule has 0 saturated carbocycles. The molecule has 0 fully saturated rings. The zero-order chi connectivity index (χ0) is 11.3. The summed E-state index contributed by atoms with van der Waals surface area (Å²) in [5.41, 5.74) is 0. The van der Waals surface area contributed by atoms with E-state index in [9.17, 15) is 0 Å². The van der Waals surface area contributed by atoms with Gasteiger partial charge in [0, 0.05) is 5.75 Å². The highest BCUT2D eigenvalue weighted by Crippen LogP contribution is 2.15. The minimum absolute atomic E-state index is 0.203. The van der Waals surface area contributed by atoms with Crippen LogP contribution in [0.1, 0.15) is 38.7 Å². The number of nitrogens with zero attached hydrogens (tertiary/aromatic N) is 4. The Hall–Kier alpha value is -0.620. The first-order valence-electron chi connectivity index (χ1n) is 5.20. The normalized spacial score (nSPS) is 15.2. The first kappa shape index (κ1) is 12.4. The molecule has 0 saturated heterocycles. The molecule has 1 N–H and O–H groups in total. The van der Waals surface area contributed by atoms with E-state index >= 15 is 0 Å². The third-order valence-corrected chi connectivity index (χ3v) is 3.06. The average Bonchev–Trinajstić information content (AvgIpc) is 2.66. The highest BCUT2D eigenvalue weighted by Gasteiger charge is 2.17. The third-order valence-electron chi connectivity index (χ3n) is 2.24. The lowest BCUT2D eigenvalue weighted by Gasteiger charge is -2.16. The van der Waals surface area contributed by atoms with Crippen LogP contribution in [0.15, 0.2) is 0 Å². The summed E-state index contributed by atoms with van der Waals surface area (Å²) in [6.07, 6.45) is 2.09. The molecule has 1 aromatic heterocycles. The predicted molar refractivity (Wildman–Crippen MR) is 63.0 cm³/mol. The van der Waals surface area contributed by atoms with Gasteiger partial charge in [-0.15, -0.1) is 5.10 Å². The molecule has 0 bridgehead atoms. The van der Waals surface area contributed by atoms with Crippen LogP contribution >= 0.6 is 11.8 Å². The van der Waals surface area contributed by atoms with E-state index in [1.807, 2.05) is 4.68 Å². The summed E-state index contributed by atoms with van der Waals surface area (Å²) in [4.78, 5) is 0. The van der Waals surface area contributed by atoms with Gasteiger partial charge in [0.1, 0.15) is 0 Å². The molecule has 0 amide bonds. The maximum atomic E-state index is 4.07. The summed E-state index contributed by atoms with van der Waals surface area (Å²) in [6.45, 7) is 7.22. The molecule has 0 radical (unpaired) electrons. The summed E-state index contributed by atoms with van der Waals surface area (Å²) < 4.78 is 1.91. The van der Waals surface area contributed by atoms with E-state index in [1.165, 1.54) is 0 Å². The van der Waals surface area contributed by atoms with Crippen molar-refractivity contribution in [2.75, 3.05) is 18.6 Å². The number of hydrogen-bond acceptors (Lipinski definition) is 5. The number of hydrogen-bond donors (Lipinski definition) is 1. The van der Waals surface area contributed by atoms with Gasteiger partial charge in [-0.1, -0.05) is 6.92 Å². The van der Waals surface area contributed by atoms with E-state index in [0.29, 0.717) is 6.04 Å². The second kappa shape index (κ2) is 6.07. The van der Waals surface area contributed by atoms with Crippen LogP contribution in [0.3, 0.4) is 0 Å². The lowest BCUT2D eigenvalue weighted by molar-refractivity contribution is 0.458. The smallest absolute Gasteiger partial charge is 0.168 e. The van der Waals surface area contributed by atoms with Crippen LogP contribution in [0.2, 0.25) is 0 Å². The summed E-state index contributed by atoms with van der Waals surface area (Å²) in [5.74, 6) is 1.94. The minimum atomic E-state index is 0.203. The molecule has 0 aliphatic heterocycles. The molecule has 0 aromatic carbocycles. The van der Waals surface area contributed by atoms with Crippen molar-refractivity contribution in [1.29, 1.82) is 0 Å². The van der Waals surface area contributed by atoms with E-state index in [2.05, 4.69) is 47.9 Å². The monoisotopic (exact) mass is 229 g/mol. The molecule has 15 heavy (non-hydrogen) atoms. The molecule has 6 heteroatoms. The number of aromatic nitrogens is 4. The van der Waals surface area contributed by atoms with Gasteiger partial charge in [0.15, 0.2) is 5.82 Å². The molecule has 2 unspecified atom stereocenters. The Morgan fingerprint density at radius 1 is 1.47 bits per heavy atom. The summed E-state index contributed by atoms with van der Waals surface area (Å²) in [7, 11) is 0. The fourth-order valence-corrected chi connectivity index (χ4v) is 2.13. The second-order valence-electron chi connectivity index (χ2n) is 3.57. The first-order valence-corrected chi connectivity index (χ1v) is 6.60. The van der Waals surface area contributed by atoms with Crippen molar-refractivity contribution in [3.8, 4) is 0 Å². The van der Waals surface area contributed by atoms with E-state index in [0.717, 1.165) is 18.1 Å². The third kappa shape index (κ3) is 3.17. The number of thioether (sulfide) groups is 1. The van der Waals surface area contributed by atoms with Crippen LogP contribution in [-0.2, 0) is 0 Å². The van der Waals surface area contributed by atoms with E-state index in [-0.39, 0.29) is 6.04 Å². The van der Waals surface area contributed by atoms with Gasteiger partial charge < -0.3 is 5.32 Å². The Morgan fingerprint density at radius 3 is 2.80 bits per heavy atom. The van der Waals surface area contributed by atoms with Crippen molar-refractivity contribution in [2.24, 2.45) is 0 Å². The fourth-order valence-electron chi connectivity index (χ4n) is 1.51. The van der Waals surface area contributed by atoms with Crippen LogP contribution in [0.5, 0.6) is 0 Å². The minimum Gasteiger partial charge on any atom is -0.308 e. The van der Waals surface area contributed by atoms with Crippen molar-refractivity contribution in [3.05, 3.63) is 5.82 Å². The van der Waals surface area contributed by atoms with E-state index in [4.69, 9.17) is 0 Å². The Balaban J connectivity index is 2.76. The van der Waals surface area contributed by atoms with Crippen LogP contribution in [0, 0.1) is 0 Å². The van der Waals surface area contributed by atoms with Gasteiger partial charge >= 0.3 is 0 Å². The molecule has 2 atom stereocenters. The van der Waals surface area contributed by atoms with Gasteiger partial charge in [-0.2, -0.15) is 11.8 Å². The SMILES string of the molecule is CCNC(C)c1nnnn1C(C)CSC. The Labute approximate surface area is 95.0 Å². The topological polar surface area (TPSA) is 55.6 Å². The Kier molecular flexibility index (Phi) is 5.04. The molecule has 86 valence electrons. The average molecular weight is 229 g/mol. The predicted octanol–water partition coefficient (Wildman–Crippen LogP) is 1.27. The van der Waals surface area contributed by atoms with Crippen molar-refractivity contribution in [2.45, 2.75) is 32.9 Å². The molecule has 0 aliphatic rings. The molecule has 0 aliphatic carbocycles. The van der Waals surface area contributed by atoms with Crippen molar-refractivity contribution in [3.63, 3.8) is 0 Å². The molecule has 1 aromatic rings. The van der Waals surface area contributed by atoms with Crippen LogP contribution in [-0.4, -0.2) is 38.8 Å². The van der Waals surface area contributed by atoms with Gasteiger partial charge in [0.25, 0.3) is 0 Å². The number of rotatable bonds is 6. The lowest BCUT2D eigenvalue weighted by Crippen LogP contribution is -2.24. The van der Waals surface area contributed by atoms with Gasteiger partial charge in [-0.25, -0.2) is 4.68 Å². The Bertz CT molecular complexity index is 261. The summed E-state index contributed by atoms with van der Waals surface area (Å²) in [5, 5.41) is 15.2. The van der Waals surface area contributed by atoms with Crippen LogP contribution in [0.25, 0.3) is 0 Å². The fraction of sp³-hybridized carbons (Fsp3) is 0.889. The zero-order valence-corrected chi connectivity index (χ0v) is 10.6. The summed E-state index contributed by atoms with van der Waals surface area (Å²) in [6, 6.07) is 0.542. The maximum Gasteiger partial charge on any atom is 0.168 e. The first-order chi connectivity index (χ1) is 7.20. The van der Waals surface area contributed by atoms with Gasteiger partial charge in [-0.05, 0) is 37.1 Å². The van der Waals surface area contributed by atoms with Gasteiger partial charge in [0.2, 0.25) is 0 Å². The van der Waals surface area contributed by atoms with Crippen molar-refractivity contribution >= 4 is 11.8 Å². The maximum absolute atomic E-state index is 4.07. The lowest BCUT2D eigenvalue weighted by atomic mass is 10.3. The zero-order valence-electron chi connectivity index (χ0n) is 9.77.